The van der Waals surface area contributed by atoms with E-state index in [1.807, 2.05) is 0 Å². The molecule has 0 saturated heterocycles. The first-order chi connectivity index (χ1) is 15.8. The van der Waals surface area contributed by atoms with Crippen molar-refractivity contribution in [1.82, 2.24) is 4.98 Å². The van der Waals surface area contributed by atoms with E-state index in [0.717, 1.165) is 42.1 Å². The molecule has 34 heavy (non-hydrogen) atoms. The van der Waals surface area contributed by atoms with Crippen LogP contribution in [-0.4, -0.2) is 23.5 Å². The zero-order valence-electron chi connectivity index (χ0n) is 16.9. The maximum absolute atomic E-state index is 14.0. The Kier molecular flexibility index (Phi) is 7.22. The summed E-state index contributed by atoms with van der Waals surface area (Å²) >= 11 is 7.07. The number of thioether (sulfide) groups is 1. The Morgan fingerprint density at radius 1 is 1.03 bits per heavy atom. The molecule has 5 nitrogen and oxygen atoms in total. The Morgan fingerprint density at radius 3 is 2.18 bits per heavy atom. The molecule has 3 rings (SSSR count). The van der Waals surface area contributed by atoms with E-state index in [1.165, 1.54) is 18.3 Å². The number of hydrogen-bond acceptors (Lipinski definition) is 5. The summed E-state index contributed by atoms with van der Waals surface area (Å²) in [6, 6.07) is 7.16. The number of benzene rings is 2. The Bertz CT molecular complexity index is 1220. The van der Waals surface area contributed by atoms with Crippen LogP contribution in [0.1, 0.15) is 15.9 Å². The van der Waals surface area contributed by atoms with Gasteiger partial charge in [-0.2, -0.15) is 13.2 Å². The van der Waals surface area contributed by atoms with Crippen LogP contribution in [-0.2, 0) is 6.18 Å². The van der Waals surface area contributed by atoms with Crippen LogP contribution in [0.2, 0.25) is 5.02 Å². The third kappa shape index (κ3) is 5.86. The summed E-state index contributed by atoms with van der Waals surface area (Å²) in [5, 5.41) is -0.425. The number of nitrogens with zero attached hydrogens (tertiary/aromatic N) is 1. The summed E-state index contributed by atoms with van der Waals surface area (Å²) in [4.78, 5) is 16.1. The Balaban J connectivity index is 2.25. The minimum absolute atomic E-state index is 0.0244. The molecule has 0 atom stereocenters. The van der Waals surface area contributed by atoms with Crippen LogP contribution in [0.25, 0.3) is 11.1 Å². The average Bonchev–Trinajstić information content (AvgIpc) is 2.73. The number of pyridine rings is 1. The van der Waals surface area contributed by atoms with Gasteiger partial charge in [0.2, 0.25) is 0 Å². The zero-order chi connectivity index (χ0) is 25.3. The van der Waals surface area contributed by atoms with Crippen LogP contribution in [0.15, 0.2) is 53.7 Å². The Hall–Kier alpha value is -3.12. The number of carbonyl (C=O) groups excluding carboxylic acids is 1. The molecule has 0 aliphatic carbocycles. The van der Waals surface area contributed by atoms with Crippen molar-refractivity contribution in [2.24, 2.45) is 5.73 Å². The fourth-order valence-corrected chi connectivity index (χ4v) is 3.70. The molecule has 0 radical (unpaired) electrons. The van der Waals surface area contributed by atoms with Crippen LogP contribution in [0.5, 0.6) is 17.2 Å². The smallest absolute Gasteiger partial charge is 0.456 e. The topological polar surface area (TPSA) is 74.4 Å². The average molecular weight is 523 g/mol. The molecule has 13 heteroatoms. The molecule has 1 amide bonds. The highest BCUT2D eigenvalue weighted by Crippen LogP contribution is 2.49. The van der Waals surface area contributed by atoms with Crippen molar-refractivity contribution in [3.63, 3.8) is 0 Å². The minimum Gasteiger partial charge on any atom is -0.456 e. The van der Waals surface area contributed by atoms with Gasteiger partial charge >= 0.3 is 12.5 Å². The SMILES string of the molecule is CSc1cc(-c2c(Oc3ccc(OC(F)(F)F)cc3)c(C(N)=O)cc(Cl)c2C(F)(F)F)ccn1. The maximum atomic E-state index is 14.0. The number of carbonyl (C=O) groups is 1. The second-order valence-electron chi connectivity index (χ2n) is 6.56. The molecule has 180 valence electrons. The largest absolute Gasteiger partial charge is 0.573 e. The number of rotatable bonds is 6. The summed E-state index contributed by atoms with van der Waals surface area (Å²) < 4.78 is 88.7. The van der Waals surface area contributed by atoms with Crippen LogP contribution in [0.3, 0.4) is 0 Å². The van der Waals surface area contributed by atoms with Crippen molar-refractivity contribution in [3.8, 4) is 28.4 Å². The second-order valence-corrected chi connectivity index (χ2v) is 7.79. The highest BCUT2D eigenvalue weighted by atomic mass is 35.5. The summed E-state index contributed by atoms with van der Waals surface area (Å²) in [5.74, 6) is -2.48. The van der Waals surface area contributed by atoms with Crippen molar-refractivity contribution in [2.75, 3.05) is 6.26 Å². The van der Waals surface area contributed by atoms with Crippen molar-refractivity contribution < 1.29 is 40.6 Å². The second kappa shape index (κ2) is 9.63. The molecule has 0 bridgehead atoms. The van der Waals surface area contributed by atoms with Crippen LogP contribution in [0, 0.1) is 0 Å². The van der Waals surface area contributed by atoms with Gasteiger partial charge in [-0.05, 0) is 54.3 Å². The first-order valence-electron chi connectivity index (χ1n) is 9.07. The number of aromatic nitrogens is 1. The highest BCUT2D eigenvalue weighted by molar-refractivity contribution is 7.98. The summed E-state index contributed by atoms with van der Waals surface area (Å²) in [7, 11) is 0. The van der Waals surface area contributed by atoms with Gasteiger partial charge in [0.25, 0.3) is 5.91 Å². The fraction of sp³-hybridized carbons (Fsp3) is 0.143. The number of primary amides is 1. The molecule has 0 aliphatic heterocycles. The molecular formula is C21H13ClF6N2O3S. The summed E-state index contributed by atoms with van der Waals surface area (Å²) in [6.07, 6.45) is -6.98. The minimum atomic E-state index is -4.96. The molecule has 3 aromatic rings. The van der Waals surface area contributed by atoms with E-state index in [1.54, 1.807) is 6.26 Å². The molecule has 0 saturated carbocycles. The van der Waals surface area contributed by atoms with Gasteiger partial charge in [0.15, 0.2) is 0 Å². The first kappa shape index (κ1) is 25.5. The van der Waals surface area contributed by atoms with Gasteiger partial charge < -0.3 is 15.2 Å². The number of halogens is 7. The van der Waals surface area contributed by atoms with Crippen LogP contribution >= 0.6 is 23.4 Å². The van der Waals surface area contributed by atoms with Gasteiger partial charge in [0.1, 0.15) is 17.2 Å². The van der Waals surface area contributed by atoms with Crippen molar-refractivity contribution in [1.29, 1.82) is 0 Å². The molecule has 0 spiro atoms. The van der Waals surface area contributed by atoms with E-state index in [4.69, 9.17) is 22.1 Å². The van der Waals surface area contributed by atoms with E-state index in [-0.39, 0.29) is 11.3 Å². The molecule has 0 fully saturated rings. The molecule has 2 N–H and O–H groups in total. The maximum Gasteiger partial charge on any atom is 0.573 e. The first-order valence-corrected chi connectivity index (χ1v) is 10.7. The zero-order valence-corrected chi connectivity index (χ0v) is 18.5. The van der Waals surface area contributed by atoms with E-state index in [2.05, 4.69) is 9.72 Å². The third-order valence-corrected chi connectivity index (χ3v) is 5.23. The Labute approximate surface area is 197 Å². The number of hydrogen-bond donors (Lipinski definition) is 1. The van der Waals surface area contributed by atoms with E-state index in [9.17, 15) is 31.1 Å². The lowest BCUT2D eigenvalue weighted by Gasteiger charge is -2.21. The molecular weight excluding hydrogens is 510 g/mol. The summed E-state index contributed by atoms with van der Waals surface area (Å²) in [5.41, 5.74) is 3.01. The van der Waals surface area contributed by atoms with E-state index >= 15 is 0 Å². The van der Waals surface area contributed by atoms with Gasteiger partial charge in [-0.1, -0.05) is 11.6 Å². The standard InChI is InChI=1S/C21H13ClF6N2O3S/c1-34-15-8-10(6-7-30-15)16-17(20(23,24)25)14(22)9-13(19(29)31)18(16)32-11-2-4-12(5-3-11)33-21(26,27)28/h2-9H,1H3,(H2,29,31). The van der Waals surface area contributed by atoms with Crippen molar-refractivity contribution in [3.05, 3.63) is 64.8 Å². The number of amides is 1. The molecule has 0 aliphatic rings. The van der Waals surface area contributed by atoms with E-state index in [0.29, 0.717) is 5.03 Å². The van der Waals surface area contributed by atoms with Gasteiger partial charge in [-0.3, -0.25) is 4.79 Å². The molecule has 2 aromatic carbocycles. The number of ether oxygens (including phenoxy) is 2. The molecule has 0 unspecified atom stereocenters. The van der Waals surface area contributed by atoms with Crippen molar-refractivity contribution in [2.45, 2.75) is 17.6 Å². The highest BCUT2D eigenvalue weighted by Gasteiger charge is 2.40. The monoisotopic (exact) mass is 522 g/mol. The van der Waals surface area contributed by atoms with Crippen LogP contribution < -0.4 is 15.2 Å². The fourth-order valence-electron chi connectivity index (χ4n) is 2.98. The van der Waals surface area contributed by atoms with Gasteiger partial charge in [-0.15, -0.1) is 24.9 Å². The van der Waals surface area contributed by atoms with Crippen LogP contribution in [0.4, 0.5) is 26.3 Å². The van der Waals surface area contributed by atoms with Crippen molar-refractivity contribution >= 4 is 29.3 Å². The Morgan fingerprint density at radius 2 is 1.65 bits per heavy atom. The number of alkyl halides is 6. The lowest BCUT2D eigenvalue weighted by Crippen LogP contribution is -2.17. The van der Waals surface area contributed by atoms with Gasteiger partial charge in [0.05, 0.1) is 21.2 Å². The predicted molar refractivity (Wildman–Crippen MR) is 113 cm³/mol. The predicted octanol–water partition coefficient (Wildman–Crippen LogP) is 6.93. The van der Waals surface area contributed by atoms with E-state index < -0.39 is 51.7 Å². The summed E-state index contributed by atoms with van der Waals surface area (Å²) in [6.45, 7) is 0. The van der Waals surface area contributed by atoms with Gasteiger partial charge in [0, 0.05) is 11.8 Å². The third-order valence-electron chi connectivity index (χ3n) is 4.29. The molecule has 1 aromatic heterocycles. The lowest BCUT2D eigenvalue weighted by molar-refractivity contribution is -0.274. The van der Waals surface area contributed by atoms with Gasteiger partial charge in [-0.25, -0.2) is 4.98 Å². The lowest BCUT2D eigenvalue weighted by atomic mass is 9.95. The normalized spacial score (nSPS) is 11.9. The quantitative estimate of drug-likeness (QED) is 0.280. The molecule has 1 heterocycles. The number of nitrogens with two attached hydrogens (primary N) is 1.